The number of hydrogen-bond donors (Lipinski definition) is 3. The molecule has 1 saturated heterocycles. The zero-order valence-electron chi connectivity index (χ0n) is 17.8. The Balaban J connectivity index is 1.40. The molecule has 2 heterocycles. The SMILES string of the molecule is O=C[C@H](CN1CCC(C(NC(=O)c2cc(C3CC3)on2)c2ccccc2)CC1)NC(=O)O. The van der Waals surface area contributed by atoms with Crippen LogP contribution in [0.3, 0.4) is 0 Å². The minimum atomic E-state index is -1.21. The molecule has 9 heteroatoms. The van der Waals surface area contributed by atoms with Gasteiger partial charge < -0.3 is 30.0 Å². The molecule has 1 aromatic heterocycles. The van der Waals surface area contributed by atoms with Crippen molar-refractivity contribution in [1.29, 1.82) is 0 Å². The molecule has 3 N–H and O–H groups in total. The summed E-state index contributed by atoms with van der Waals surface area (Å²) in [5, 5.41) is 18.2. The topological polar surface area (TPSA) is 125 Å². The third kappa shape index (κ3) is 5.53. The lowest BCUT2D eigenvalue weighted by atomic mass is 9.85. The largest absolute Gasteiger partial charge is 0.465 e. The van der Waals surface area contributed by atoms with Gasteiger partial charge in [0.1, 0.15) is 18.1 Å². The number of amides is 2. The summed E-state index contributed by atoms with van der Waals surface area (Å²) in [6.07, 6.45) is 3.19. The molecule has 2 amide bonds. The Morgan fingerprint density at radius 3 is 2.50 bits per heavy atom. The van der Waals surface area contributed by atoms with Gasteiger partial charge in [-0.2, -0.15) is 0 Å². The third-order valence-electron chi connectivity index (χ3n) is 6.22. The molecule has 9 nitrogen and oxygen atoms in total. The lowest BCUT2D eigenvalue weighted by molar-refractivity contribution is -0.110. The molecular weight excluding hydrogens is 412 g/mol. The van der Waals surface area contributed by atoms with Crippen LogP contribution in [0.5, 0.6) is 0 Å². The van der Waals surface area contributed by atoms with Crippen molar-refractivity contribution in [3.05, 3.63) is 53.4 Å². The molecule has 1 unspecified atom stereocenters. The second-order valence-corrected chi connectivity index (χ2v) is 8.58. The average Bonchev–Trinajstić information content (AvgIpc) is 3.54. The van der Waals surface area contributed by atoms with Gasteiger partial charge in [0.25, 0.3) is 5.91 Å². The highest BCUT2D eigenvalue weighted by Crippen LogP contribution is 2.40. The summed E-state index contributed by atoms with van der Waals surface area (Å²) in [5.41, 5.74) is 1.34. The van der Waals surface area contributed by atoms with Crippen LogP contribution in [-0.4, -0.2) is 59.1 Å². The number of piperidine rings is 1. The molecule has 2 aromatic rings. The van der Waals surface area contributed by atoms with Gasteiger partial charge in [-0.3, -0.25) is 4.79 Å². The molecule has 170 valence electrons. The first-order chi connectivity index (χ1) is 15.5. The van der Waals surface area contributed by atoms with Crippen LogP contribution in [0.2, 0.25) is 0 Å². The number of carbonyl (C=O) groups excluding carboxylic acids is 2. The maximum atomic E-state index is 12.9. The Bertz CT molecular complexity index is 935. The fourth-order valence-electron chi connectivity index (χ4n) is 4.33. The number of benzene rings is 1. The number of carbonyl (C=O) groups is 3. The van der Waals surface area contributed by atoms with Crippen molar-refractivity contribution in [2.75, 3.05) is 19.6 Å². The highest BCUT2D eigenvalue weighted by molar-refractivity contribution is 5.92. The van der Waals surface area contributed by atoms with Crippen molar-refractivity contribution in [2.24, 2.45) is 5.92 Å². The van der Waals surface area contributed by atoms with Crippen LogP contribution in [0.1, 0.15) is 59.5 Å². The summed E-state index contributed by atoms with van der Waals surface area (Å²) in [5.74, 6) is 1.13. The number of nitrogens with one attached hydrogen (secondary N) is 2. The van der Waals surface area contributed by atoms with E-state index in [0.29, 0.717) is 37.5 Å². The van der Waals surface area contributed by atoms with Gasteiger partial charge in [-0.25, -0.2) is 4.79 Å². The molecule has 0 bridgehead atoms. The van der Waals surface area contributed by atoms with E-state index in [-0.39, 0.29) is 17.9 Å². The van der Waals surface area contributed by atoms with E-state index in [4.69, 9.17) is 9.63 Å². The van der Waals surface area contributed by atoms with Gasteiger partial charge in [0.2, 0.25) is 0 Å². The van der Waals surface area contributed by atoms with Gasteiger partial charge >= 0.3 is 6.09 Å². The fourth-order valence-corrected chi connectivity index (χ4v) is 4.33. The van der Waals surface area contributed by atoms with Gasteiger partial charge in [0, 0.05) is 18.5 Å². The van der Waals surface area contributed by atoms with Crippen molar-refractivity contribution in [3.8, 4) is 0 Å². The van der Waals surface area contributed by atoms with Crippen LogP contribution in [-0.2, 0) is 4.79 Å². The number of rotatable bonds is 9. The van der Waals surface area contributed by atoms with E-state index in [0.717, 1.165) is 37.0 Å². The lowest BCUT2D eigenvalue weighted by Gasteiger charge is -2.37. The molecule has 2 atom stereocenters. The summed E-state index contributed by atoms with van der Waals surface area (Å²) >= 11 is 0. The van der Waals surface area contributed by atoms with Crippen LogP contribution < -0.4 is 10.6 Å². The highest BCUT2D eigenvalue weighted by atomic mass is 16.5. The van der Waals surface area contributed by atoms with Crippen molar-refractivity contribution < 1.29 is 24.0 Å². The predicted octanol–water partition coefficient (Wildman–Crippen LogP) is 2.57. The number of likely N-dealkylation sites (tertiary alicyclic amines) is 1. The van der Waals surface area contributed by atoms with Crippen molar-refractivity contribution in [1.82, 2.24) is 20.7 Å². The van der Waals surface area contributed by atoms with E-state index in [9.17, 15) is 14.4 Å². The van der Waals surface area contributed by atoms with Gasteiger partial charge in [0.15, 0.2) is 5.69 Å². The van der Waals surface area contributed by atoms with E-state index in [2.05, 4.69) is 20.7 Å². The second kappa shape index (κ2) is 9.95. The number of carboxylic acid groups (broad SMARTS) is 1. The summed E-state index contributed by atoms with van der Waals surface area (Å²) in [7, 11) is 0. The van der Waals surface area contributed by atoms with E-state index >= 15 is 0 Å². The van der Waals surface area contributed by atoms with Crippen molar-refractivity contribution >= 4 is 18.3 Å². The summed E-state index contributed by atoms with van der Waals surface area (Å²) < 4.78 is 5.34. The van der Waals surface area contributed by atoms with Crippen LogP contribution in [0.15, 0.2) is 40.9 Å². The zero-order chi connectivity index (χ0) is 22.5. The Labute approximate surface area is 186 Å². The molecule has 1 saturated carbocycles. The van der Waals surface area contributed by atoms with Crippen molar-refractivity contribution in [2.45, 2.75) is 43.7 Å². The monoisotopic (exact) mass is 440 g/mol. The second-order valence-electron chi connectivity index (χ2n) is 8.58. The molecule has 2 fully saturated rings. The normalized spacial score (nSPS) is 19.1. The minimum absolute atomic E-state index is 0.175. The quantitative estimate of drug-likeness (QED) is 0.512. The van der Waals surface area contributed by atoms with E-state index in [1.165, 1.54) is 0 Å². The van der Waals surface area contributed by atoms with Gasteiger partial charge in [0.05, 0.1) is 6.04 Å². The lowest BCUT2D eigenvalue weighted by Crippen LogP contribution is -2.48. The predicted molar refractivity (Wildman–Crippen MR) is 115 cm³/mol. The summed E-state index contributed by atoms with van der Waals surface area (Å²) in [6.45, 7) is 1.77. The highest BCUT2D eigenvalue weighted by Gasteiger charge is 2.32. The van der Waals surface area contributed by atoms with Gasteiger partial charge in [-0.1, -0.05) is 35.5 Å². The Kier molecular flexibility index (Phi) is 6.84. The molecule has 1 aliphatic carbocycles. The first-order valence-corrected chi connectivity index (χ1v) is 11.0. The molecule has 2 aliphatic rings. The number of nitrogens with zero attached hydrogens (tertiary/aromatic N) is 2. The van der Waals surface area contributed by atoms with Crippen LogP contribution in [0.4, 0.5) is 4.79 Å². The molecular formula is C23H28N4O5. The number of hydrogen-bond acceptors (Lipinski definition) is 6. The third-order valence-corrected chi connectivity index (χ3v) is 6.22. The van der Waals surface area contributed by atoms with E-state index in [1.807, 2.05) is 30.3 Å². The number of aromatic nitrogens is 1. The maximum Gasteiger partial charge on any atom is 0.405 e. The van der Waals surface area contributed by atoms with Crippen LogP contribution in [0.25, 0.3) is 0 Å². The Morgan fingerprint density at radius 1 is 1.16 bits per heavy atom. The molecule has 1 aromatic carbocycles. The molecule has 0 spiro atoms. The van der Waals surface area contributed by atoms with Crippen molar-refractivity contribution in [3.63, 3.8) is 0 Å². The van der Waals surface area contributed by atoms with Crippen LogP contribution in [0, 0.1) is 5.92 Å². The summed E-state index contributed by atoms with van der Waals surface area (Å²) in [4.78, 5) is 37.0. The molecule has 1 aliphatic heterocycles. The standard InChI is InChI=1S/C23H28N4O5/c28-14-18(24-23(30)31)13-27-10-8-17(9-11-27)21(16-4-2-1-3-5-16)25-22(29)19-12-20(32-26-19)15-6-7-15/h1-5,12,14-15,17-18,21,24H,6-11,13H2,(H,25,29)(H,30,31)/t18-,21?/m0/s1. The van der Waals surface area contributed by atoms with Gasteiger partial charge in [-0.15, -0.1) is 0 Å². The van der Waals surface area contributed by atoms with Crippen LogP contribution >= 0.6 is 0 Å². The molecule has 4 rings (SSSR count). The maximum absolute atomic E-state index is 12.9. The van der Waals surface area contributed by atoms with E-state index in [1.54, 1.807) is 6.07 Å². The molecule has 0 radical (unpaired) electrons. The fraction of sp³-hybridized carbons (Fsp3) is 0.478. The Hall–Kier alpha value is -3.20. The zero-order valence-corrected chi connectivity index (χ0v) is 17.8. The number of aldehydes is 1. The Morgan fingerprint density at radius 2 is 1.88 bits per heavy atom. The first-order valence-electron chi connectivity index (χ1n) is 11.0. The van der Waals surface area contributed by atoms with Gasteiger partial charge in [-0.05, 0) is 50.3 Å². The molecule has 32 heavy (non-hydrogen) atoms. The average molecular weight is 441 g/mol. The first kappa shape index (κ1) is 22.0. The summed E-state index contributed by atoms with van der Waals surface area (Å²) in [6, 6.07) is 10.7. The smallest absolute Gasteiger partial charge is 0.405 e. The minimum Gasteiger partial charge on any atom is -0.465 e. The van der Waals surface area contributed by atoms with E-state index < -0.39 is 12.1 Å².